The number of nitrogens with zero attached hydrogens (tertiary/aromatic N) is 2. The van der Waals surface area contributed by atoms with Crippen molar-refractivity contribution in [2.45, 2.75) is 58.6 Å². The monoisotopic (exact) mass is 320 g/mol. The van der Waals surface area contributed by atoms with Crippen molar-refractivity contribution in [3.8, 4) is 6.01 Å². The van der Waals surface area contributed by atoms with E-state index >= 15 is 0 Å². The Morgan fingerprint density at radius 3 is 2.35 bits per heavy atom. The van der Waals surface area contributed by atoms with Gasteiger partial charge in [0.1, 0.15) is 6.10 Å². The van der Waals surface area contributed by atoms with Crippen LogP contribution in [0.15, 0.2) is 6.07 Å². The number of rotatable bonds is 5. The molecule has 2 amide bonds. The maximum Gasteiger partial charge on any atom is 0.317 e. The molecule has 0 saturated heterocycles. The lowest BCUT2D eigenvalue weighted by molar-refractivity contribution is -0.125. The molecule has 126 valence electrons. The molecule has 1 saturated carbocycles. The van der Waals surface area contributed by atoms with Gasteiger partial charge in [-0.3, -0.25) is 9.59 Å². The number of ether oxygens (including phenoxy) is 1. The van der Waals surface area contributed by atoms with Crippen LogP contribution in [0.4, 0.5) is 0 Å². The molecule has 0 atom stereocenters. The van der Waals surface area contributed by atoms with Gasteiger partial charge in [0, 0.05) is 24.4 Å². The smallest absolute Gasteiger partial charge is 0.317 e. The molecule has 0 bridgehead atoms. The second kappa shape index (κ2) is 7.89. The average molecular weight is 320 g/mol. The minimum absolute atomic E-state index is 0.0299. The summed E-state index contributed by atoms with van der Waals surface area (Å²) in [5.41, 5.74) is 1.79. The molecular weight excluding hydrogens is 296 g/mol. The second-order valence-corrected chi connectivity index (χ2v) is 6.00. The summed E-state index contributed by atoms with van der Waals surface area (Å²) in [5.74, 6) is -0.354. The van der Waals surface area contributed by atoms with Crippen LogP contribution in [0.1, 0.15) is 44.0 Å². The van der Waals surface area contributed by atoms with E-state index in [1.165, 1.54) is 6.92 Å². The maximum absolute atomic E-state index is 11.7. The molecule has 0 aliphatic heterocycles. The molecule has 0 unspecified atom stereocenters. The molecule has 1 fully saturated rings. The number of carbonyl (C=O) groups excluding carboxylic acids is 2. The summed E-state index contributed by atoms with van der Waals surface area (Å²) in [5, 5.41) is 5.43. The highest BCUT2D eigenvalue weighted by molar-refractivity contribution is 5.83. The number of hydrogen-bond donors (Lipinski definition) is 2. The summed E-state index contributed by atoms with van der Waals surface area (Å²) in [7, 11) is 0. The Balaban J connectivity index is 1.75. The highest BCUT2D eigenvalue weighted by Crippen LogP contribution is 2.22. The average Bonchev–Trinajstić information content (AvgIpc) is 2.46. The molecule has 0 radical (unpaired) electrons. The number of nitrogens with one attached hydrogen (secondary N) is 2. The van der Waals surface area contributed by atoms with Gasteiger partial charge in [0.2, 0.25) is 11.8 Å². The van der Waals surface area contributed by atoms with Gasteiger partial charge in [-0.1, -0.05) is 0 Å². The molecular formula is C16H24N4O3. The number of amides is 2. The van der Waals surface area contributed by atoms with E-state index < -0.39 is 0 Å². The van der Waals surface area contributed by atoms with Gasteiger partial charge in [0.25, 0.3) is 0 Å². The van der Waals surface area contributed by atoms with Gasteiger partial charge in [-0.25, -0.2) is 9.97 Å². The maximum atomic E-state index is 11.7. The molecule has 1 aromatic rings. The molecule has 0 spiro atoms. The van der Waals surface area contributed by atoms with Crippen LogP contribution in [0.5, 0.6) is 6.01 Å². The first-order valence-electron chi connectivity index (χ1n) is 7.95. The second-order valence-electron chi connectivity index (χ2n) is 6.00. The lowest BCUT2D eigenvalue weighted by atomic mass is 9.93. The largest absolute Gasteiger partial charge is 0.460 e. The van der Waals surface area contributed by atoms with Crippen molar-refractivity contribution >= 4 is 11.8 Å². The van der Waals surface area contributed by atoms with Gasteiger partial charge in [-0.2, -0.15) is 0 Å². The van der Waals surface area contributed by atoms with Crippen molar-refractivity contribution in [1.82, 2.24) is 20.6 Å². The Morgan fingerprint density at radius 1 is 1.17 bits per heavy atom. The molecule has 2 rings (SSSR count). The third-order valence-electron chi connectivity index (χ3n) is 3.77. The molecule has 0 aromatic carbocycles. The van der Waals surface area contributed by atoms with E-state index in [-0.39, 0.29) is 30.5 Å². The number of aromatic nitrogens is 2. The van der Waals surface area contributed by atoms with E-state index in [4.69, 9.17) is 4.74 Å². The first-order chi connectivity index (χ1) is 10.9. The molecule has 7 heteroatoms. The van der Waals surface area contributed by atoms with Crippen molar-refractivity contribution in [2.24, 2.45) is 0 Å². The molecule has 1 aliphatic rings. The Bertz CT molecular complexity index is 548. The van der Waals surface area contributed by atoms with Gasteiger partial charge < -0.3 is 15.4 Å². The summed E-state index contributed by atoms with van der Waals surface area (Å²) in [6, 6.07) is 2.48. The first kappa shape index (κ1) is 17.2. The van der Waals surface area contributed by atoms with E-state index in [1.54, 1.807) is 0 Å². The standard InChI is InChI=1S/C16H24N4O3/c1-10-8-11(2)19-16(18-10)23-14-6-4-13(5-7-14)20-15(22)9-17-12(3)21/h8,13-14H,4-7,9H2,1-3H3,(H,17,21)(H,20,22). The van der Waals surface area contributed by atoms with Gasteiger partial charge in [0.15, 0.2) is 0 Å². The van der Waals surface area contributed by atoms with E-state index in [1.807, 2.05) is 19.9 Å². The topological polar surface area (TPSA) is 93.2 Å². The lowest BCUT2D eigenvalue weighted by Gasteiger charge is -2.29. The van der Waals surface area contributed by atoms with Gasteiger partial charge >= 0.3 is 6.01 Å². The molecule has 2 N–H and O–H groups in total. The van der Waals surface area contributed by atoms with Crippen molar-refractivity contribution < 1.29 is 14.3 Å². The summed E-state index contributed by atoms with van der Waals surface area (Å²) in [4.78, 5) is 31.1. The predicted octanol–water partition coefficient (Wildman–Crippen LogP) is 1.04. The van der Waals surface area contributed by atoms with Gasteiger partial charge in [0.05, 0.1) is 6.54 Å². The fourth-order valence-electron chi connectivity index (χ4n) is 2.70. The normalized spacial score (nSPS) is 20.7. The van der Waals surface area contributed by atoms with E-state index in [0.717, 1.165) is 37.1 Å². The lowest BCUT2D eigenvalue weighted by Crippen LogP contribution is -2.44. The van der Waals surface area contributed by atoms with E-state index in [9.17, 15) is 9.59 Å². The Hall–Kier alpha value is -2.18. The highest BCUT2D eigenvalue weighted by Gasteiger charge is 2.24. The van der Waals surface area contributed by atoms with Crippen LogP contribution in [0.3, 0.4) is 0 Å². The quantitative estimate of drug-likeness (QED) is 0.845. The van der Waals surface area contributed by atoms with E-state index in [2.05, 4.69) is 20.6 Å². The molecule has 1 aromatic heterocycles. The number of hydrogen-bond acceptors (Lipinski definition) is 5. The first-order valence-corrected chi connectivity index (χ1v) is 7.95. The minimum Gasteiger partial charge on any atom is -0.460 e. The summed E-state index contributed by atoms with van der Waals surface area (Å²) in [6.45, 7) is 5.26. The van der Waals surface area contributed by atoms with Gasteiger partial charge in [-0.15, -0.1) is 0 Å². The van der Waals surface area contributed by atoms with Crippen LogP contribution in [-0.2, 0) is 9.59 Å². The fourth-order valence-corrected chi connectivity index (χ4v) is 2.70. The summed E-state index contributed by atoms with van der Waals surface area (Å²) < 4.78 is 5.86. The number of aryl methyl sites for hydroxylation is 2. The summed E-state index contributed by atoms with van der Waals surface area (Å²) >= 11 is 0. The van der Waals surface area contributed by atoms with Crippen LogP contribution in [0.2, 0.25) is 0 Å². The van der Waals surface area contributed by atoms with Crippen LogP contribution in [0.25, 0.3) is 0 Å². The third-order valence-corrected chi connectivity index (χ3v) is 3.77. The third kappa shape index (κ3) is 5.84. The Labute approximate surface area is 136 Å². The van der Waals surface area contributed by atoms with Crippen molar-refractivity contribution in [1.29, 1.82) is 0 Å². The molecule has 23 heavy (non-hydrogen) atoms. The van der Waals surface area contributed by atoms with Crippen LogP contribution >= 0.6 is 0 Å². The van der Waals surface area contributed by atoms with Crippen LogP contribution in [0, 0.1) is 13.8 Å². The molecule has 1 aliphatic carbocycles. The van der Waals surface area contributed by atoms with Crippen molar-refractivity contribution in [3.05, 3.63) is 17.5 Å². The fraction of sp³-hybridized carbons (Fsp3) is 0.625. The highest BCUT2D eigenvalue weighted by atomic mass is 16.5. The zero-order chi connectivity index (χ0) is 16.8. The minimum atomic E-state index is -0.203. The zero-order valence-corrected chi connectivity index (χ0v) is 13.9. The SMILES string of the molecule is CC(=O)NCC(=O)NC1CCC(Oc2nc(C)cc(C)n2)CC1. The van der Waals surface area contributed by atoms with Crippen molar-refractivity contribution in [2.75, 3.05) is 6.54 Å². The van der Waals surface area contributed by atoms with Crippen LogP contribution in [-0.4, -0.2) is 40.5 Å². The zero-order valence-electron chi connectivity index (χ0n) is 13.9. The number of carbonyl (C=O) groups is 2. The van der Waals surface area contributed by atoms with Crippen LogP contribution < -0.4 is 15.4 Å². The molecule has 7 nitrogen and oxygen atoms in total. The summed E-state index contributed by atoms with van der Waals surface area (Å²) in [6.07, 6.45) is 3.48. The van der Waals surface area contributed by atoms with E-state index in [0.29, 0.717) is 6.01 Å². The molecule has 1 heterocycles. The predicted molar refractivity (Wildman–Crippen MR) is 85.0 cm³/mol. The Kier molecular flexibility index (Phi) is 5.90. The van der Waals surface area contributed by atoms with Crippen molar-refractivity contribution in [3.63, 3.8) is 0 Å². The van der Waals surface area contributed by atoms with Gasteiger partial charge in [-0.05, 0) is 45.6 Å². The Morgan fingerprint density at radius 2 is 1.78 bits per heavy atom.